The van der Waals surface area contributed by atoms with Crippen LogP contribution in [0, 0.1) is 0 Å². The van der Waals surface area contributed by atoms with E-state index in [1.165, 1.54) is 0 Å². The second-order valence-corrected chi connectivity index (χ2v) is 4.71. The first-order valence-corrected chi connectivity index (χ1v) is 6.17. The lowest BCUT2D eigenvalue weighted by Crippen LogP contribution is -2.19. The molecule has 0 aromatic carbocycles. The summed E-state index contributed by atoms with van der Waals surface area (Å²) >= 11 is 0. The van der Waals surface area contributed by atoms with Gasteiger partial charge in [0, 0.05) is 17.8 Å². The average molecular weight is 249 g/mol. The first-order chi connectivity index (χ1) is 8.56. The van der Waals surface area contributed by atoms with E-state index in [0.29, 0.717) is 5.82 Å². The fraction of sp³-hybridized carbons (Fsp3) is 0.538. The summed E-state index contributed by atoms with van der Waals surface area (Å²) in [7, 11) is 0. The highest BCUT2D eigenvalue weighted by Gasteiger charge is 2.19. The van der Waals surface area contributed by atoms with Crippen molar-refractivity contribution in [2.75, 3.05) is 0 Å². The van der Waals surface area contributed by atoms with Crippen molar-refractivity contribution in [2.24, 2.45) is 0 Å². The number of H-pyrrole nitrogens is 1. The third-order valence-electron chi connectivity index (χ3n) is 2.32. The minimum atomic E-state index is -0.530. The fourth-order valence-corrected chi connectivity index (χ4v) is 1.61. The Morgan fingerprint density at radius 2 is 1.78 bits per heavy atom. The number of fused-ring (bicyclic) bond motifs is 1. The first-order valence-electron chi connectivity index (χ1n) is 6.17. The number of nitrogens with zero attached hydrogens (tertiary/aromatic N) is 2. The van der Waals surface area contributed by atoms with Crippen LogP contribution in [0.25, 0.3) is 11.0 Å². The molecule has 98 valence electrons. The largest absolute Gasteiger partial charge is 0.346 e. The Balaban J connectivity index is 2.27. The molecule has 0 spiro atoms. The molecular formula is C13H19N3O2. The van der Waals surface area contributed by atoms with Crippen LogP contribution in [0.2, 0.25) is 0 Å². The van der Waals surface area contributed by atoms with E-state index in [9.17, 15) is 0 Å². The van der Waals surface area contributed by atoms with E-state index in [1.807, 2.05) is 40.0 Å². The molecule has 18 heavy (non-hydrogen) atoms. The molecule has 2 aromatic heterocycles. The number of hydrogen-bond acceptors (Lipinski definition) is 4. The summed E-state index contributed by atoms with van der Waals surface area (Å²) in [4.78, 5) is 11.8. The van der Waals surface area contributed by atoms with Crippen molar-refractivity contribution < 1.29 is 9.47 Å². The van der Waals surface area contributed by atoms with Crippen molar-refractivity contribution in [3.05, 3.63) is 24.3 Å². The van der Waals surface area contributed by atoms with Gasteiger partial charge in [0.05, 0.1) is 12.2 Å². The van der Waals surface area contributed by atoms with Crippen LogP contribution >= 0.6 is 0 Å². The first kappa shape index (κ1) is 13.0. The van der Waals surface area contributed by atoms with E-state index in [0.717, 1.165) is 11.0 Å². The maximum absolute atomic E-state index is 5.71. The standard InChI is InChI=1S/C13H19N3O2/c1-8(2)17-13(18-9(3)4)12-15-7-10-5-6-14-11(10)16-12/h5-9,13H,1-4H3,(H,14,15,16). The zero-order valence-electron chi connectivity index (χ0n) is 11.2. The summed E-state index contributed by atoms with van der Waals surface area (Å²) in [5, 5.41) is 0.978. The predicted molar refractivity (Wildman–Crippen MR) is 69.1 cm³/mol. The molecule has 5 heteroatoms. The van der Waals surface area contributed by atoms with Crippen molar-refractivity contribution >= 4 is 11.0 Å². The third-order valence-corrected chi connectivity index (χ3v) is 2.32. The summed E-state index contributed by atoms with van der Waals surface area (Å²) in [6, 6.07) is 1.93. The van der Waals surface area contributed by atoms with Crippen LogP contribution in [0.1, 0.15) is 39.8 Å². The number of rotatable bonds is 5. The Morgan fingerprint density at radius 1 is 1.11 bits per heavy atom. The van der Waals surface area contributed by atoms with Gasteiger partial charge in [-0.3, -0.25) is 0 Å². The molecule has 0 atom stereocenters. The molecule has 0 amide bonds. The zero-order valence-corrected chi connectivity index (χ0v) is 11.2. The van der Waals surface area contributed by atoms with Gasteiger partial charge in [-0.05, 0) is 33.8 Å². The number of nitrogens with one attached hydrogen (secondary N) is 1. The van der Waals surface area contributed by atoms with Crippen LogP contribution in [-0.2, 0) is 9.47 Å². The smallest absolute Gasteiger partial charge is 0.219 e. The van der Waals surface area contributed by atoms with Crippen molar-refractivity contribution in [3.8, 4) is 0 Å². The van der Waals surface area contributed by atoms with Crippen LogP contribution in [0.4, 0.5) is 0 Å². The molecule has 0 bridgehead atoms. The highest BCUT2D eigenvalue weighted by atomic mass is 16.7. The van der Waals surface area contributed by atoms with E-state index in [1.54, 1.807) is 6.20 Å². The van der Waals surface area contributed by atoms with Crippen molar-refractivity contribution in [3.63, 3.8) is 0 Å². The average Bonchev–Trinajstić information content (AvgIpc) is 2.73. The number of hydrogen-bond donors (Lipinski definition) is 1. The molecule has 0 fully saturated rings. The maximum atomic E-state index is 5.71. The second kappa shape index (κ2) is 5.46. The van der Waals surface area contributed by atoms with Gasteiger partial charge in [-0.2, -0.15) is 0 Å². The van der Waals surface area contributed by atoms with Crippen LogP contribution in [0.5, 0.6) is 0 Å². The molecule has 2 rings (SSSR count). The Hall–Kier alpha value is -1.46. The van der Waals surface area contributed by atoms with Crippen molar-refractivity contribution in [1.29, 1.82) is 0 Å². The molecule has 1 N–H and O–H groups in total. The third kappa shape index (κ3) is 3.05. The highest BCUT2D eigenvalue weighted by molar-refractivity contribution is 5.73. The lowest BCUT2D eigenvalue weighted by molar-refractivity contribution is -0.189. The quantitative estimate of drug-likeness (QED) is 0.828. The van der Waals surface area contributed by atoms with Crippen molar-refractivity contribution in [1.82, 2.24) is 15.0 Å². The highest BCUT2D eigenvalue weighted by Crippen LogP contribution is 2.20. The molecule has 0 aliphatic carbocycles. The molecule has 0 saturated heterocycles. The van der Waals surface area contributed by atoms with E-state index in [-0.39, 0.29) is 12.2 Å². The van der Waals surface area contributed by atoms with Crippen LogP contribution in [0.15, 0.2) is 18.5 Å². The lowest BCUT2D eigenvalue weighted by atomic mass is 10.4. The minimum absolute atomic E-state index is 0.0525. The molecule has 0 saturated carbocycles. The van der Waals surface area contributed by atoms with Gasteiger partial charge in [0.2, 0.25) is 6.29 Å². The minimum Gasteiger partial charge on any atom is -0.346 e. The summed E-state index contributed by atoms with van der Waals surface area (Å²) in [5.41, 5.74) is 0.796. The SMILES string of the molecule is CC(C)OC(OC(C)C)c1ncc2cc[nH]c2n1. The van der Waals surface area contributed by atoms with E-state index >= 15 is 0 Å². The summed E-state index contributed by atoms with van der Waals surface area (Å²) < 4.78 is 11.4. The van der Waals surface area contributed by atoms with Gasteiger partial charge in [0.1, 0.15) is 5.65 Å². The molecular weight excluding hydrogens is 230 g/mol. The Bertz CT molecular complexity index is 498. The van der Waals surface area contributed by atoms with Gasteiger partial charge in [0.25, 0.3) is 0 Å². The molecule has 2 heterocycles. The normalized spacial score (nSPS) is 12.2. The predicted octanol–water partition coefficient (Wildman–Crippen LogP) is 2.81. The monoisotopic (exact) mass is 249 g/mol. The summed E-state index contributed by atoms with van der Waals surface area (Å²) in [6.07, 6.45) is 3.19. The van der Waals surface area contributed by atoms with Gasteiger partial charge >= 0.3 is 0 Å². The Labute approximate surface area is 107 Å². The fourth-order valence-electron chi connectivity index (χ4n) is 1.61. The summed E-state index contributed by atoms with van der Waals surface area (Å²) in [6.45, 7) is 7.85. The number of aromatic amines is 1. The Morgan fingerprint density at radius 3 is 2.39 bits per heavy atom. The summed E-state index contributed by atoms with van der Waals surface area (Å²) in [5.74, 6) is 0.548. The second-order valence-electron chi connectivity index (χ2n) is 4.71. The van der Waals surface area contributed by atoms with Gasteiger partial charge in [-0.1, -0.05) is 0 Å². The van der Waals surface area contributed by atoms with Crippen LogP contribution in [-0.4, -0.2) is 27.2 Å². The van der Waals surface area contributed by atoms with E-state index in [4.69, 9.17) is 9.47 Å². The number of aromatic nitrogens is 3. The van der Waals surface area contributed by atoms with E-state index < -0.39 is 6.29 Å². The molecule has 0 aliphatic heterocycles. The molecule has 0 aliphatic rings. The van der Waals surface area contributed by atoms with Gasteiger partial charge in [-0.15, -0.1) is 0 Å². The molecule has 5 nitrogen and oxygen atoms in total. The number of ether oxygens (including phenoxy) is 2. The molecule has 2 aromatic rings. The zero-order chi connectivity index (χ0) is 13.1. The Kier molecular flexibility index (Phi) is 3.93. The van der Waals surface area contributed by atoms with Gasteiger partial charge < -0.3 is 14.5 Å². The van der Waals surface area contributed by atoms with E-state index in [2.05, 4.69) is 15.0 Å². The maximum Gasteiger partial charge on any atom is 0.219 e. The van der Waals surface area contributed by atoms with Crippen molar-refractivity contribution in [2.45, 2.75) is 46.2 Å². The topological polar surface area (TPSA) is 60.0 Å². The lowest BCUT2D eigenvalue weighted by Gasteiger charge is -2.21. The van der Waals surface area contributed by atoms with Gasteiger partial charge in [0.15, 0.2) is 5.82 Å². The van der Waals surface area contributed by atoms with Crippen LogP contribution < -0.4 is 0 Å². The molecule has 0 radical (unpaired) electrons. The molecule has 0 unspecified atom stereocenters. The van der Waals surface area contributed by atoms with Crippen LogP contribution in [0.3, 0.4) is 0 Å². The van der Waals surface area contributed by atoms with Gasteiger partial charge in [-0.25, -0.2) is 9.97 Å².